The second-order valence-electron chi connectivity index (χ2n) is 9.52. The number of carbonyl (C=O) groups excluding carboxylic acids is 1. The van der Waals surface area contributed by atoms with Crippen molar-refractivity contribution in [2.45, 2.75) is 49.7 Å². The van der Waals surface area contributed by atoms with Crippen LogP contribution in [0.3, 0.4) is 0 Å². The lowest BCUT2D eigenvalue weighted by Gasteiger charge is -2.37. The molecule has 1 aliphatic carbocycles. The Morgan fingerprint density at radius 1 is 1.28 bits per heavy atom. The summed E-state index contributed by atoms with van der Waals surface area (Å²) >= 11 is 0. The van der Waals surface area contributed by atoms with E-state index in [9.17, 15) is 23.3 Å². The molecular weight excluding hydrogens is 490 g/mol. The highest BCUT2D eigenvalue weighted by molar-refractivity contribution is 7.89. The Labute approximate surface area is 209 Å². The van der Waals surface area contributed by atoms with Crippen molar-refractivity contribution < 1.29 is 27.6 Å². The molecule has 2 saturated heterocycles. The summed E-state index contributed by atoms with van der Waals surface area (Å²) in [6.45, 7) is 3.26. The van der Waals surface area contributed by atoms with Crippen LogP contribution in [0.1, 0.15) is 39.0 Å². The Bertz CT molecular complexity index is 1190. The molecule has 12 nitrogen and oxygen atoms in total. The number of nitro benzene ring substituents is 1. The van der Waals surface area contributed by atoms with E-state index in [4.69, 9.17) is 15.0 Å². The highest BCUT2D eigenvalue weighted by Gasteiger charge is 2.49. The van der Waals surface area contributed by atoms with Crippen LogP contribution in [-0.2, 0) is 24.3 Å². The number of amides is 1. The molecule has 0 saturated carbocycles. The lowest BCUT2D eigenvalue weighted by atomic mass is 9.78. The molecule has 3 aliphatic rings. The van der Waals surface area contributed by atoms with Crippen molar-refractivity contribution >= 4 is 21.6 Å². The molecule has 0 radical (unpaired) electrons. The second kappa shape index (κ2) is 10.6. The number of benzene rings is 1. The maximum Gasteiger partial charge on any atom is 0.269 e. The van der Waals surface area contributed by atoms with Crippen molar-refractivity contribution in [3.05, 3.63) is 56.5 Å². The summed E-state index contributed by atoms with van der Waals surface area (Å²) in [4.78, 5) is 26.3. The number of sulfonamides is 1. The van der Waals surface area contributed by atoms with E-state index in [1.165, 1.54) is 0 Å². The number of non-ortho nitro benzene ring substituents is 1. The SMILES string of the molecule is C[C@@H]1CC=C(C[C@@H]2CN(S(=O)(=O)c3ccc([N+](=O)[O-])cc3)C(=O)[C@H]2CCCN=[N+]=[N-])C2(C1)OCCO2. The first-order valence-corrected chi connectivity index (χ1v) is 13.4. The largest absolute Gasteiger partial charge is 0.344 e. The smallest absolute Gasteiger partial charge is 0.269 e. The maximum absolute atomic E-state index is 13.4. The monoisotopic (exact) mass is 519 g/mol. The molecule has 2 heterocycles. The first-order valence-electron chi connectivity index (χ1n) is 12.0. The van der Waals surface area contributed by atoms with Crippen molar-refractivity contribution in [2.75, 3.05) is 26.3 Å². The summed E-state index contributed by atoms with van der Waals surface area (Å²) in [5, 5.41) is 14.5. The minimum absolute atomic E-state index is 0.0205. The molecule has 3 atom stereocenters. The Kier molecular flexibility index (Phi) is 7.65. The summed E-state index contributed by atoms with van der Waals surface area (Å²) in [7, 11) is -4.21. The number of ether oxygens (including phenoxy) is 2. The average Bonchev–Trinajstić information content (AvgIpc) is 3.44. The van der Waals surface area contributed by atoms with Gasteiger partial charge in [-0.05, 0) is 60.8 Å². The van der Waals surface area contributed by atoms with E-state index < -0.39 is 32.6 Å². The maximum atomic E-state index is 13.4. The zero-order chi connectivity index (χ0) is 25.9. The topological polar surface area (TPSA) is 165 Å². The van der Waals surface area contributed by atoms with Gasteiger partial charge in [-0.3, -0.25) is 14.9 Å². The fourth-order valence-electron chi connectivity index (χ4n) is 5.34. The van der Waals surface area contributed by atoms with Crippen LogP contribution in [0.25, 0.3) is 10.4 Å². The van der Waals surface area contributed by atoms with Gasteiger partial charge in [0.15, 0.2) is 5.79 Å². The van der Waals surface area contributed by atoms with Gasteiger partial charge in [-0.25, -0.2) is 12.7 Å². The number of azide groups is 1. The van der Waals surface area contributed by atoms with Crippen molar-refractivity contribution in [3.8, 4) is 0 Å². The van der Waals surface area contributed by atoms with Crippen molar-refractivity contribution in [3.63, 3.8) is 0 Å². The first kappa shape index (κ1) is 26.1. The van der Waals surface area contributed by atoms with E-state index in [1.807, 2.05) is 0 Å². The van der Waals surface area contributed by atoms with Gasteiger partial charge in [-0.2, -0.15) is 0 Å². The molecule has 0 aromatic heterocycles. The number of carbonyl (C=O) groups is 1. The molecule has 0 bridgehead atoms. The number of allylic oxidation sites excluding steroid dienone is 1. The molecule has 1 amide bonds. The third-order valence-electron chi connectivity index (χ3n) is 7.11. The summed E-state index contributed by atoms with van der Waals surface area (Å²) < 4.78 is 39.7. The lowest BCUT2D eigenvalue weighted by Crippen LogP contribution is -2.38. The van der Waals surface area contributed by atoms with Gasteiger partial charge >= 0.3 is 0 Å². The highest BCUT2D eigenvalue weighted by atomic mass is 32.2. The normalized spacial score (nSPS) is 25.6. The quantitative estimate of drug-likeness (QED) is 0.0906. The second-order valence-corrected chi connectivity index (χ2v) is 11.4. The van der Waals surface area contributed by atoms with Crippen LogP contribution in [0.2, 0.25) is 0 Å². The molecule has 1 spiro atoms. The van der Waals surface area contributed by atoms with Crippen molar-refractivity contribution in [1.82, 2.24) is 4.31 Å². The van der Waals surface area contributed by atoms with E-state index in [2.05, 4.69) is 23.0 Å². The summed E-state index contributed by atoms with van der Waals surface area (Å²) in [5.74, 6) is -1.89. The summed E-state index contributed by atoms with van der Waals surface area (Å²) in [6, 6.07) is 4.50. The van der Waals surface area contributed by atoms with Gasteiger partial charge in [0, 0.05) is 42.5 Å². The van der Waals surface area contributed by atoms with Crippen LogP contribution in [0.5, 0.6) is 0 Å². The average molecular weight is 520 g/mol. The first-order chi connectivity index (χ1) is 17.2. The number of nitro groups is 1. The van der Waals surface area contributed by atoms with Crippen molar-refractivity contribution in [1.29, 1.82) is 0 Å². The Balaban J connectivity index is 1.60. The number of hydrogen-bond donors (Lipinski definition) is 0. The summed E-state index contributed by atoms with van der Waals surface area (Å²) in [6.07, 6.45) is 4.89. The number of hydrogen-bond acceptors (Lipinski definition) is 8. The zero-order valence-corrected chi connectivity index (χ0v) is 20.8. The molecule has 0 N–H and O–H groups in total. The molecule has 4 rings (SSSR count). The van der Waals surface area contributed by atoms with Crippen LogP contribution in [0.15, 0.2) is 45.9 Å². The van der Waals surface area contributed by atoms with Crippen LogP contribution < -0.4 is 0 Å². The fourth-order valence-corrected chi connectivity index (χ4v) is 6.84. The van der Waals surface area contributed by atoms with E-state index in [0.717, 1.165) is 40.6 Å². The van der Waals surface area contributed by atoms with E-state index in [-0.39, 0.29) is 29.6 Å². The summed E-state index contributed by atoms with van der Waals surface area (Å²) in [5.41, 5.74) is 9.27. The Morgan fingerprint density at radius 2 is 1.97 bits per heavy atom. The van der Waals surface area contributed by atoms with Gasteiger partial charge in [-0.1, -0.05) is 18.1 Å². The van der Waals surface area contributed by atoms with Gasteiger partial charge < -0.3 is 9.47 Å². The van der Waals surface area contributed by atoms with E-state index in [1.54, 1.807) is 0 Å². The van der Waals surface area contributed by atoms with Crippen LogP contribution in [0, 0.1) is 27.9 Å². The number of rotatable bonds is 9. The molecule has 1 aromatic carbocycles. The molecule has 194 valence electrons. The zero-order valence-electron chi connectivity index (χ0n) is 20.0. The van der Waals surface area contributed by atoms with Crippen LogP contribution in [0.4, 0.5) is 5.69 Å². The Morgan fingerprint density at radius 3 is 2.61 bits per heavy atom. The van der Waals surface area contributed by atoms with Gasteiger partial charge in [0.1, 0.15) is 0 Å². The minimum Gasteiger partial charge on any atom is -0.344 e. The Hall–Kier alpha value is -2.99. The molecule has 2 fully saturated rings. The molecule has 13 heteroatoms. The highest BCUT2D eigenvalue weighted by Crippen LogP contribution is 2.45. The van der Waals surface area contributed by atoms with Crippen LogP contribution in [-0.4, -0.2) is 55.6 Å². The molecule has 36 heavy (non-hydrogen) atoms. The third-order valence-corrected chi connectivity index (χ3v) is 8.89. The standard InChI is InChI=1S/C23H29N5O7S/c1-16-4-5-18(23(14-16)34-11-12-35-23)13-17-15-27(22(29)21(17)3-2-10-25-26-24)36(32,33)20-8-6-19(7-9-20)28(30)31/h5-9,16-17,21H,2-4,10-15H2,1H3/t16-,17-,21+/m1/s1. The van der Waals surface area contributed by atoms with Crippen LogP contribution >= 0.6 is 0 Å². The fraction of sp³-hybridized carbons (Fsp3) is 0.609. The minimum atomic E-state index is -4.21. The third kappa shape index (κ3) is 5.10. The van der Waals surface area contributed by atoms with E-state index in [0.29, 0.717) is 44.8 Å². The van der Waals surface area contributed by atoms with Gasteiger partial charge in [0.05, 0.1) is 23.0 Å². The molecule has 0 unspecified atom stereocenters. The molecule has 2 aliphatic heterocycles. The number of nitrogens with zero attached hydrogens (tertiary/aromatic N) is 5. The van der Waals surface area contributed by atoms with Gasteiger partial charge in [-0.15, -0.1) is 0 Å². The van der Waals surface area contributed by atoms with Crippen molar-refractivity contribution in [2.24, 2.45) is 22.9 Å². The molecular formula is C23H29N5O7S. The predicted octanol–water partition coefficient (Wildman–Crippen LogP) is 3.94. The van der Waals surface area contributed by atoms with E-state index >= 15 is 0 Å². The van der Waals surface area contributed by atoms with Gasteiger partial charge in [0.25, 0.3) is 15.7 Å². The lowest BCUT2D eigenvalue weighted by molar-refractivity contribution is -0.384. The predicted molar refractivity (Wildman–Crippen MR) is 128 cm³/mol. The molecule has 1 aromatic rings. The van der Waals surface area contributed by atoms with Gasteiger partial charge in [0.2, 0.25) is 5.91 Å².